The molecule has 170 valence electrons. The third-order valence-corrected chi connectivity index (χ3v) is 8.40. The first-order valence-corrected chi connectivity index (χ1v) is 12.0. The number of thiophene rings is 1. The van der Waals surface area contributed by atoms with Gasteiger partial charge in [-0.05, 0) is 54.3 Å². The van der Waals surface area contributed by atoms with Gasteiger partial charge in [0.05, 0.1) is 23.2 Å². The first-order chi connectivity index (χ1) is 14.6. The number of amides is 1. The van der Waals surface area contributed by atoms with Crippen LogP contribution in [0.3, 0.4) is 0 Å². The Hall–Kier alpha value is -2.07. The molecule has 1 aliphatic rings. The number of ether oxygens (including phenoxy) is 1. The van der Waals surface area contributed by atoms with E-state index in [-0.39, 0.29) is 16.3 Å². The number of rotatable bonds is 6. The van der Waals surface area contributed by atoms with Crippen molar-refractivity contribution in [2.24, 2.45) is 18.4 Å². The van der Waals surface area contributed by atoms with Gasteiger partial charge >= 0.3 is 5.97 Å². The largest absolute Gasteiger partial charge is 0.538 e. The van der Waals surface area contributed by atoms with Crippen LogP contribution in [0.5, 0.6) is 5.95 Å². The van der Waals surface area contributed by atoms with Crippen molar-refractivity contribution in [1.82, 2.24) is 5.27 Å². The molecular formula is C21H29N3O5S2. The molecule has 2 aromatic rings. The van der Waals surface area contributed by atoms with Crippen LogP contribution in [0, 0.1) is 11.3 Å². The molecule has 2 heterocycles. The second kappa shape index (κ2) is 9.20. The van der Waals surface area contributed by atoms with Crippen molar-refractivity contribution in [2.45, 2.75) is 63.7 Å². The minimum absolute atomic E-state index is 0.171. The summed E-state index contributed by atoms with van der Waals surface area (Å²) in [5.74, 6) is -0.774. The molecule has 31 heavy (non-hydrogen) atoms. The van der Waals surface area contributed by atoms with Gasteiger partial charge in [0, 0.05) is 4.88 Å². The number of hydrogen-bond donors (Lipinski definition) is 1. The first-order valence-electron chi connectivity index (χ1n) is 10.3. The van der Waals surface area contributed by atoms with Crippen LogP contribution in [0.1, 0.15) is 61.3 Å². The van der Waals surface area contributed by atoms with Gasteiger partial charge in [-0.1, -0.05) is 32.4 Å². The lowest BCUT2D eigenvalue weighted by Gasteiger charge is -2.33. The molecule has 1 amide bonds. The minimum atomic E-state index is -0.575. The fourth-order valence-corrected chi connectivity index (χ4v) is 6.05. The molecule has 0 saturated carbocycles. The third kappa shape index (κ3) is 4.90. The molecule has 3 rings (SSSR count). The lowest BCUT2D eigenvalue weighted by Crippen LogP contribution is -2.34. The molecule has 0 aromatic carbocycles. The summed E-state index contributed by atoms with van der Waals surface area (Å²) in [6, 6.07) is 0. The molecule has 10 heteroatoms. The summed E-state index contributed by atoms with van der Waals surface area (Å²) in [5, 5.41) is 18.6. The van der Waals surface area contributed by atoms with E-state index in [1.807, 2.05) is 6.92 Å². The summed E-state index contributed by atoms with van der Waals surface area (Å²) in [7, 11) is 2.94. The van der Waals surface area contributed by atoms with E-state index in [0.717, 1.165) is 41.5 Å². The number of methoxy groups -OCH3 is 1. The van der Waals surface area contributed by atoms with Gasteiger partial charge in [0.1, 0.15) is 5.00 Å². The highest BCUT2D eigenvalue weighted by Crippen LogP contribution is 2.44. The molecule has 0 radical (unpaired) electrons. The van der Waals surface area contributed by atoms with E-state index < -0.39 is 17.2 Å². The molecule has 0 saturated heterocycles. The number of fused-ring (bicyclic) bond motifs is 1. The number of nitrogens with one attached hydrogen (secondary N) is 1. The zero-order valence-electron chi connectivity index (χ0n) is 18.7. The second-order valence-electron chi connectivity index (χ2n) is 8.80. The lowest BCUT2D eigenvalue weighted by atomic mass is 9.72. The Balaban J connectivity index is 1.87. The van der Waals surface area contributed by atoms with E-state index in [9.17, 15) is 14.7 Å². The maximum atomic E-state index is 13.1. The summed E-state index contributed by atoms with van der Waals surface area (Å²) in [6.07, 6.45) is 3.15. The predicted octanol–water partition coefficient (Wildman–Crippen LogP) is 3.08. The summed E-state index contributed by atoms with van der Waals surface area (Å²) < 4.78 is 11.0. The minimum Gasteiger partial charge on any atom is -0.538 e. The van der Waals surface area contributed by atoms with Crippen LogP contribution in [-0.4, -0.2) is 29.5 Å². The van der Waals surface area contributed by atoms with Crippen LogP contribution in [0.25, 0.3) is 0 Å². The van der Waals surface area contributed by atoms with Crippen molar-refractivity contribution in [1.29, 1.82) is 0 Å². The monoisotopic (exact) mass is 467 g/mol. The Morgan fingerprint density at radius 2 is 2.16 bits per heavy atom. The first kappa shape index (κ1) is 23.6. The number of aryl methyl sites for hydroxylation is 1. The zero-order chi connectivity index (χ0) is 22.9. The molecular weight excluding hydrogens is 438 g/mol. The Morgan fingerprint density at radius 1 is 1.45 bits per heavy atom. The predicted molar refractivity (Wildman–Crippen MR) is 116 cm³/mol. The molecule has 0 fully saturated rings. The molecule has 0 spiro atoms. The highest BCUT2D eigenvalue weighted by atomic mass is 32.2. The molecule has 0 bridgehead atoms. The van der Waals surface area contributed by atoms with Crippen molar-refractivity contribution in [2.75, 3.05) is 12.4 Å². The number of carbonyl (C=O) groups excluding carboxylic acids is 2. The molecule has 2 atom stereocenters. The van der Waals surface area contributed by atoms with Gasteiger partial charge < -0.3 is 19.7 Å². The van der Waals surface area contributed by atoms with Crippen molar-refractivity contribution in [3.63, 3.8) is 0 Å². The number of anilines is 1. The fraction of sp³-hybridized carbons (Fsp3) is 0.619. The second-order valence-corrected chi connectivity index (χ2v) is 11.1. The van der Waals surface area contributed by atoms with Crippen LogP contribution >= 0.6 is 23.1 Å². The average Bonchev–Trinajstić information content (AvgIpc) is 3.23. The number of carbonyl (C=O) groups is 2. The van der Waals surface area contributed by atoms with Crippen LogP contribution in [0.2, 0.25) is 0 Å². The molecule has 2 aromatic heterocycles. The van der Waals surface area contributed by atoms with Gasteiger partial charge in [0.15, 0.2) is 13.0 Å². The third-order valence-electron chi connectivity index (χ3n) is 5.75. The van der Waals surface area contributed by atoms with Crippen LogP contribution in [-0.2, 0) is 29.4 Å². The molecule has 2 unspecified atom stereocenters. The van der Waals surface area contributed by atoms with E-state index in [0.29, 0.717) is 22.9 Å². The van der Waals surface area contributed by atoms with Crippen LogP contribution in [0.15, 0.2) is 9.55 Å². The van der Waals surface area contributed by atoms with Gasteiger partial charge in [0.25, 0.3) is 5.03 Å². The summed E-state index contributed by atoms with van der Waals surface area (Å²) in [6.45, 7) is 8.57. The van der Waals surface area contributed by atoms with Gasteiger partial charge in [-0.3, -0.25) is 4.79 Å². The topological polar surface area (TPSA) is 108 Å². The van der Waals surface area contributed by atoms with Gasteiger partial charge in [0.2, 0.25) is 5.91 Å². The number of aromatic nitrogens is 2. The quantitative estimate of drug-likeness (QED) is 0.395. The van der Waals surface area contributed by atoms with E-state index >= 15 is 0 Å². The SMILES string of the molecule is CCC(Sc1c([O-])on[n+]1C)C(=O)Nc1sc2c(c1C(=O)OC)CCC(C(C)(C)C)C2. The Bertz CT molecular complexity index is 957. The van der Waals surface area contributed by atoms with Gasteiger partial charge in [-0.25, -0.2) is 4.79 Å². The molecule has 0 aliphatic heterocycles. The van der Waals surface area contributed by atoms with Gasteiger partial charge in [-0.15, -0.1) is 11.3 Å². The van der Waals surface area contributed by atoms with Crippen molar-refractivity contribution in [3.05, 3.63) is 16.0 Å². The average molecular weight is 468 g/mol. The Kier molecular flexibility index (Phi) is 7.00. The molecule has 1 aliphatic carbocycles. The smallest absolute Gasteiger partial charge is 0.341 e. The van der Waals surface area contributed by atoms with Crippen molar-refractivity contribution < 1.29 is 28.6 Å². The Labute approximate surface area is 190 Å². The Morgan fingerprint density at radius 3 is 2.71 bits per heavy atom. The summed E-state index contributed by atoms with van der Waals surface area (Å²) >= 11 is 2.56. The highest BCUT2D eigenvalue weighted by molar-refractivity contribution is 8.00. The van der Waals surface area contributed by atoms with Gasteiger partial charge in [-0.2, -0.15) is 0 Å². The number of esters is 1. The van der Waals surface area contributed by atoms with E-state index in [4.69, 9.17) is 4.74 Å². The highest BCUT2D eigenvalue weighted by Gasteiger charge is 2.35. The maximum absolute atomic E-state index is 13.1. The zero-order valence-corrected chi connectivity index (χ0v) is 20.4. The summed E-state index contributed by atoms with van der Waals surface area (Å²) in [4.78, 5) is 26.8. The number of hydrogen-bond acceptors (Lipinski definition) is 8. The van der Waals surface area contributed by atoms with Crippen LogP contribution < -0.4 is 15.1 Å². The maximum Gasteiger partial charge on any atom is 0.341 e. The normalized spacial score (nSPS) is 17.2. The molecule has 8 nitrogen and oxygen atoms in total. The standard InChI is InChI=1S/C21H29N3O5S2/c1-7-13(31-18-20(27)29-23-24(18)5)16(25)22-17-15(19(26)28-6)12-9-8-11(21(2,3)4)10-14(12)30-17/h11,13H,7-10H2,1-6H3,(H-,22,23,25,26,27). The fourth-order valence-electron chi connectivity index (χ4n) is 3.81. The van der Waals surface area contributed by atoms with Crippen LogP contribution in [0.4, 0.5) is 5.00 Å². The van der Waals surface area contributed by atoms with E-state index in [1.165, 1.54) is 23.1 Å². The van der Waals surface area contributed by atoms with E-state index in [2.05, 4.69) is 35.9 Å². The number of nitrogens with zero attached hydrogens (tertiary/aromatic N) is 2. The summed E-state index contributed by atoms with van der Waals surface area (Å²) in [5.41, 5.74) is 1.62. The van der Waals surface area contributed by atoms with Crippen molar-refractivity contribution in [3.8, 4) is 5.95 Å². The number of thioether (sulfide) groups is 1. The lowest BCUT2D eigenvalue weighted by molar-refractivity contribution is -0.772. The molecule has 1 N–H and O–H groups in total. The van der Waals surface area contributed by atoms with Crippen molar-refractivity contribution >= 4 is 40.0 Å². The van der Waals surface area contributed by atoms with E-state index in [1.54, 1.807) is 7.05 Å².